The van der Waals surface area contributed by atoms with Crippen molar-refractivity contribution in [1.82, 2.24) is 0 Å². The summed E-state index contributed by atoms with van der Waals surface area (Å²) in [5.74, 6) is 0.653. The maximum Gasteiger partial charge on any atom is 0.0636 e. The van der Waals surface area contributed by atoms with E-state index in [2.05, 4.69) is 52.0 Å². The Hall–Kier alpha value is -0.860. The molecular weight excluding hydrogens is 224 g/mol. The van der Waals surface area contributed by atoms with Gasteiger partial charge < -0.3 is 9.84 Å². The molecule has 0 bridgehead atoms. The third kappa shape index (κ3) is 2.76. The predicted octanol–water partition coefficient (Wildman–Crippen LogP) is 2.96. The first-order valence-corrected chi connectivity index (χ1v) is 6.88. The minimum absolute atomic E-state index is 0.148. The van der Waals surface area contributed by atoms with Crippen LogP contribution in [0.5, 0.6) is 0 Å². The molecule has 1 aliphatic heterocycles. The monoisotopic (exact) mass is 248 g/mol. The van der Waals surface area contributed by atoms with Crippen LogP contribution in [0.4, 0.5) is 0 Å². The maximum absolute atomic E-state index is 10.5. The molecule has 2 heteroatoms. The molecule has 1 N–H and O–H groups in total. The molecule has 1 heterocycles. The van der Waals surface area contributed by atoms with Gasteiger partial charge in [-0.05, 0) is 38.7 Å². The van der Waals surface area contributed by atoms with Crippen LogP contribution in [-0.2, 0) is 11.2 Å². The Morgan fingerprint density at radius 3 is 2.50 bits per heavy atom. The summed E-state index contributed by atoms with van der Waals surface area (Å²) in [5.41, 5.74) is 2.46. The summed E-state index contributed by atoms with van der Waals surface area (Å²) in [7, 11) is 0. The highest BCUT2D eigenvalue weighted by Gasteiger charge is 2.40. The molecule has 18 heavy (non-hydrogen) atoms. The van der Waals surface area contributed by atoms with E-state index in [1.54, 1.807) is 0 Å². The third-order valence-corrected chi connectivity index (χ3v) is 4.29. The van der Waals surface area contributed by atoms with Gasteiger partial charge in [-0.2, -0.15) is 0 Å². The van der Waals surface area contributed by atoms with Gasteiger partial charge in [-0.3, -0.25) is 0 Å². The summed E-state index contributed by atoms with van der Waals surface area (Å²) in [6, 6.07) is 8.38. The van der Waals surface area contributed by atoms with E-state index in [4.69, 9.17) is 4.74 Å². The van der Waals surface area contributed by atoms with Crippen molar-refractivity contribution in [2.45, 2.75) is 52.4 Å². The van der Waals surface area contributed by atoms with Gasteiger partial charge in [-0.25, -0.2) is 0 Å². The zero-order valence-electron chi connectivity index (χ0n) is 11.8. The Morgan fingerprint density at radius 2 is 1.94 bits per heavy atom. The van der Waals surface area contributed by atoms with E-state index in [-0.39, 0.29) is 24.2 Å². The largest absolute Gasteiger partial charge is 0.392 e. The van der Waals surface area contributed by atoms with Crippen LogP contribution >= 0.6 is 0 Å². The van der Waals surface area contributed by atoms with Gasteiger partial charge in [0.05, 0.1) is 18.3 Å². The van der Waals surface area contributed by atoms with Gasteiger partial charge >= 0.3 is 0 Å². The van der Waals surface area contributed by atoms with Crippen LogP contribution in [0, 0.1) is 18.8 Å². The van der Waals surface area contributed by atoms with Crippen LogP contribution in [0.15, 0.2) is 24.3 Å². The topological polar surface area (TPSA) is 29.5 Å². The van der Waals surface area contributed by atoms with Crippen molar-refractivity contribution in [3.8, 4) is 0 Å². The van der Waals surface area contributed by atoms with Crippen LogP contribution in [0.3, 0.4) is 0 Å². The summed E-state index contributed by atoms with van der Waals surface area (Å²) >= 11 is 0. The molecule has 100 valence electrons. The first kappa shape index (κ1) is 13.6. The standard InChI is InChI=1S/C16H24O2/c1-10-6-5-7-14(8-10)9-15(17)16-11(2)12(3)18-13(16)4/h5-8,11-13,15-17H,9H2,1-4H3. The second-order valence-corrected chi connectivity index (χ2v) is 5.74. The molecule has 0 spiro atoms. The zero-order chi connectivity index (χ0) is 13.3. The molecule has 5 unspecified atom stereocenters. The second kappa shape index (κ2) is 5.41. The van der Waals surface area contributed by atoms with Crippen molar-refractivity contribution < 1.29 is 9.84 Å². The van der Waals surface area contributed by atoms with E-state index in [1.807, 2.05) is 0 Å². The number of aryl methyl sites for hydroxylation is 1. The van der Waals surface area contributed by atoms with Crippen LogP contribution in [0.1, 0.15) is 31.9 Å². The number of hydrogen-bond donors (Lipinski definition) is 1. The van der Waals surface area contributed by atoms with Crippen molar-refractivity contribution in [2.75, 3.05) is 0 Å². The molecule has 1 aliphatic rings. The van der Waals surface area contributed by atoms with Crippen molar-refractivity contribution in [1.29, 1.82) is 0 Å². The molecule has 0 aromatic heterocycles. The van der Waals surface area contributed by atoms with E-state index < -0.39 is 0 Å². The van der Waals surface area contributed by atoms with Gasteiger partial charge in [-0.1, -0.05) is 36.8 Å². The Kier molecular flexibility index (Phi) is 4.08. The number of rotatable bonds is 3. The van der Waals surface area contributed by atoms with Gasteiger partial charge in [0.2, 0.25) is 0 Å². The van der Waals surface area contributed by atoms with Crippen LogP contribution in [-0.4, -0.2) is 23.4 Å². The first-order valence-electron chi connectivity index (χ1n) is 6.88. The minimum Gasteiger partial charge on any atom is -0.392 e. The lowest BCUT2D eigenvalue weighted by Gasteiger charge is -2.24. The quantitative estimate of drug-likeness (QED) is 0.891. The predicted molar refractivity (Wildman–Crippen MR) is 73.6 cm³/mol. The molecule has 0 radical (unpaired) electrons. The first-order chi connectivity index (χ1) is 8.49. The Labute approximate surface area is 110 Å². The number of benzene rings is 1. The van der Waals surface area contributed by atoms with E-state index in [0.29, 0.717) is 5.92 Å². The van der Waals surface area contributed by atoms with Crippen LogP contribution in [0.2, 0.25) is 0 Å². The third-order valence-electron chi connectivity index (χ3n) is 4.29. The zero-order valence-corrected chi connectivity index (χ0v) is 11.8. The van der Waals surface area contributed by atoms with Crippen LogP contribution < -0.4 is 0 Å². The lowest BCUT2D eigenvalue weighted by molar-refractivity contribution is 0.0240. The van der Waals surface area contributed by atoms with E-state index in [1.165, 1.54) is 11.1 Å². The summed E-state index contributed by atoms with van der Waals surface area (Å²) in [6.45, 7) is 8.44. The minimum atomic E-state index is -0.318. The fraction of sp³-hybridized carbons (Fsp3) is 0.625. The Bertz CT molecular complexity index is 402. The number of ether oxygens (including phenoxy) is 1. The molecule has 2 rings (SSSR count). The summed E-state index contributed by atoms with van der Waals surface area (Å²) in [4.78, 5) is 0. The molecule has 1 saturated heterocycles. The average molecular weight is 248 g/mol. The molecule has 1 aromatic carbocycles. The highest BCUT2D eigenvalue weighted by Crippen LogP contribution is 2.35. The van der Waals surface area contributed by atoms with Crippen LogP contribution in [0.25, 0.3) is 0 Å². The lowest BCUT2D eigenvalue weighted by atomic mass is 9.82. The van der Waals surface area contributed by atoms with E-state index >= 15 is 0 Å². The van der Waals surface area contributed by atoms with Gasteiger partial charge in [-0.15, -0.1) is 0 Å². The van der Waals surface area contributed by atoms with Crippen molar-refractivity contribution in [2.24, 2.45) is 11.8 Å². The molecule has 2 nitrogen and oxygen atoms in total. The SMILES string of the molecule is Cc1cccc(CC(O)C2C(C)OC(C)C2C)c1. The van der Waals surface area contributed by atoms with Crippen molar-refractivity contribution in [3.63, 3.8) is 0 Å². The Balaban J connectivity index is 2.06. The average Bonchev–Trinajstić information content (AvgIpc) is 2.53. The summed E-state index contributed by atoms with van der Waals surface area (Å²) < 4.78 is 5.81. The fourth-order valence-corrected chi connectivity index (χ4v) is 3.17. The summed E-state index contributed by atoms with van der Waals surface area (Å²) in [5, 5.41) is 10.5. The number of hydrogen-bond acceptors (Lipinski definition) is 2. The van der Waals surface area contributed by atoms with Crippen molar-refractivity contribution in [3.05, 3.63) is 35.4 Å². The molecular formula is C16H24O2. The van der Waals surface area contributed by atoms with Gasteiger partial charge in [0.1, 0.15) is 0 Å². The van der Waals surface area contributed by atoms with Gasteiger partial charge in [0.15, 0.2) is 0 Å². The smallest absolute Gasteiger partial charge is 0.0636 e. The van der Waals surface area contributed by atoms with E-state index in [9.17, 15) is 5.11 Å². The van der Waals surface area contributed by atoms with Gasteiger partial charge in [0, 0.05) is 5.92 Å². The fourth-order valence-electron chi connectivity index (χ4n) is 3.17. The molecule has 0 amide bonds. The second-order valence-electron chi connectivity index (χ2n) is 5.74. The maximum atomic E-state index is 10.5. The highest BCUT2D eigenvalue weighted by molar-refractivity contribution is 5.23. The lowest BCUT2D eigenvalue weighted by Crippen LogP contribution is -2.32. The number of aliphatic hydroxyl groups is 1. The number of aliphatic hydroxyl groups excluding tert-OH is 1. The summed E-state index contributed by atoms with van der Waals surface area (Å²) in [6.07, 6.45) is 0.797. The molecule has 5 atom stereocenters. The highest BCUT2D eigenvalue weighted by atomic mass is 16.5. The van der Waals surface area contributed by atoms with E-state index in [0.717, 1.165) is 6.42 Å². The molecule has 1 aromatic rings. The molecule has 1 fully saturated rings. The van der Waals surface area contributed by atoms with Crippen molar-refractivity contribution >= 4 is 0 Å². The van der Waals surface area contributed by atoms with Gasteiger partial charge in [0.25, 0.3) is 0 Å². The normalized spacial score (nSPS) is 33.6. The molecule has 0 saturated carbocycles. The Morgan fingerprint density at radius 1 is 1.22 bits per heavy atom. The molecule has 0 aliphatic carbocycles.